The van der Waals surface area contributed by atoms with Gasteiger partial charge in [-0.25, -0.2) is 0 Å². The molecule has 106 valence electrons. The molecule has 1 unspecified atom stereocenters. The van der Waals surface area contributed by atoms with Crippen LogP contribution in [0.15, 0.2) is 36.4 Å². The Labute approximate surface area is 114 Å². The molecule has 0 bridgehead atoms. The Morgan fingerprint density at radius 2 is 1.90 bits per heavy atom. The van der Waals surface area contributed by atoms with Crippen LogP contribution in [0.5, 0.6) is 5.75 Å². The molecule has 2 aromatic carbocycles. The summed E-state index contributed by atoms with van der Waals surface area (Å²) in [6, 6.07) is 9.55. The number of halogens is 3. The Hall–Kier alpha value is -1.69. The van der Waals surface area contributed by atoms with Crippen LogP contribution in [-0.4, -0.2) is 26.3 Å². The molecular weight excluding hydrogens is 268 g/mol. The lowest BCUT2D eigenvalue weighted by molar-refractivity contribution is 0.142. The van der Waals surface area contributed by atoms with Crippen molar-refractivity contribution in [3.05, 3.63) is 36.4 Å². The zero-order chi connectivity index (χ0) is 14.2. The molecule has 1 atom stereocenters. The van der Waals surface area contributed by atoms with Gasteiger partial charge in [0.1, 0.15) is 6.10 Å². The number of fused-ring (bicyclic) bond motifs is 1. The first-order valence-electron chi connectivity index (χ1n) is 6.52. The molecule has 0 aliphatic carbocycles. The third kappa shape index (κ3) is 2.48. The number of rotatable bonds is 3. The maximum atomic E-state index is 13.4. The second-order valence-electron chi connectivity index (χ2n) is 4.88. The third-order valence-corrected chi connectivity index (χ3v) is 3.44. The second kappa shape index (κ2) is 5.02. The van der Waals surface area contributed by atoms with Gasteiger partial charge < -0.3 is 22.4 Å². The van der Waals surface area contributed by atoms with Crippen LogP contribution in [0.2, 0.25) is 0 Å². The van der Waals surface area contributed by atoms with Crippen molar-refractivity contribution in [3.63, 3.8) is 0 Å². The normalized spacial score (nSPS) is 19.4. The Morgan fingerprint density at radius 3 is 2.60 bits per heavy atom. The van der Waals surface area contributed by atoms with E-state index in [4.69, 9.17) is 9.47 Å². The van der Waals surface area contributed by atoms with Gasteiger partial charge in [-0.3, -0.25) is 0 Å². The molecule has 20 heavy (non-hydrogen) atoms. The second-order valence-corrected chi connectivity index (χ2v) is 4.88. The highest BCUT2D eigenvalue weighted by atomic mass is 19.4. The molecule has 1 aliphatic rings. The van der Waals surface area contributed by atoms with Crippen molar-refractivity contribution >= 4 is 23.2 Å². The summed E-state index contributed by atoms with van der Waals surface area (Å²) in [5.74, 6) is -0.0910. The van der Waals surface area contributed by atoms with Gasteiger partial charge in [-0.2, -0.15) is 0 Å². The van der Waals surface area contributed by atoms with Gasteiger partial charge in [0.05, 0.1) is 19.0 Å². The van der Waals surface area contributed by atoms with Crippen molar-refractivity contribution in [2.24, 2.45) is 0 Å². The Bertz CT molecular complexity index is 621. The highest BCUT2D eigenvalue weighted by Crippen LogP contribution is 2.26. The number of benzene rings is 2. The van der Waals surface area contributed by atoms with Gasteiger partial charge in [-0.1, -0.05) is 35.8 Å². The van der Waals surface area contributed by atoms with E-state index in [-0.39, 0.29) is 17.2 Å². The van der Waals surface area contributed by atoms with E-state index in [1.54, 1.807) is 24.3 Å². The molecule has 0 N–H and O–H groups in total. The highest BCUT2D eigenvalue weighted by molar-refractivity contribution is 6.76. The smallest absolute Gasteiger partial charge is 0.491 e. The molecule has 1 fully saturated rings. The molecule has 3 rings (SSSR count). The van der Waals surface area contributed by atoms with Crippen LogP contribution in [-0.2, 0) is 4.74 Å². The van der Waals surface area contributed by atoms with E-state index >= 15 is 0 Å². The first-order valence-corrected chi connectivity index (χ1v) is 6.52. The predicted octanol–water partition coefficient (Wildman–Crippen LogP) is 3.06. The quantitative estimate of drug-likeness (QED) is 0.805. The van der Waals surface area contributed by atoms with Crippen LogP contribution in [0.25, 0.3) is 10.8 Å². The van der Waals surface area contributed by atoms with Crippen molar-refractivity contribution in [1.29, 1.82) is 0 Å². The summed E-state index contributed by atoms with van der Waals surface area (Å²) in [4.78, 5) is 0. The van der Waals surface area contributed by atoms with Crippen molar-refractivity contribution in [3.8, 4) is 5.75 Å². The van der Waals surface area contributed by atoms with Gasteiger partial charge in [0.25, 0.3) is 0 Å². The van der Waals surface area contributed by atoms with E-state index in [1.165, 1.54) is 12.1 Å². The van der Waals surface area contributed by atoms with Gasteiger partial charge >= 0.3 is 6.98 Å². The van der Waals surface area contributed by atoms with Crippen molar-refractivity contribution in [2.75, 3.05) is 13.2 Å². The average Bonchev–Trinajstić information content (AvgIpc) is 2.90. The maximum Gasteiger partial charge on any atom is 0.513 e. The van der Waals surface area contributed by atoms with Crippen LogP contribution in [0.4, 0.5) is 12.9 Å². The Balaban J connectivity index is 2.10. The van der Waals surface area contributed by atoms with Crippen molar-refractivity contribution in [2.45, 2.75) is 12.5 Å². The Morgan fingerprint density at radius 1 is 1.10 bits per heavy atom. The zero-order valence-corrected chi connectivity index (χ0v) is 10.7. The van der Waals surface area contributed by atoms with E-state index in [0.29, 0.717) is 25.0 Å². The number of hydrogen-bond donors (Lipinski definition) is 0. The summed E-state index contributed by atoms with van der Waals surface area (Å²) in [7, 11) is 0. The van der Waals surface area contributed by atoms with Crippen LogP contribution in [0, 0.1) is 0 Å². The lowest BCUT2D eigenvalue weighted by atomic mass is 9.76. The van der Waals surface area contributed by atoms with Crippen LogP contribution in [0.3, 0.4) is 0 Å². The van der Waals surface area contributed by atoms with Gasteiger partial charge in [0, 0.05) is 6.42 Å². The van der Waals surface area contributed by atoms with Gasteiger partial charge in [-0.15, -0.1) is 0 Å². The molecule has 2 nitrogen and oxygen atoms in total. The fourth-order valence-electron chi connectivity index (χ4n) is 2.50. The molecule has 0 radical (unpaired) electrons. The lowest BCUT2D eigenvalue weighted by Crippen LogP contribution is -2.37. The number of ether oxygens (including phenoxy) is 2. The SMILES string of the molecule is F[B-](F)(F)c1c(OC2CCOC2)ccc2ccccc12. The van der Waals surface area contributed by atoms with Crippen LogP contribution >= 0.6 is 0 Å². The molecule has 1 saturated heterocycles. The average molecular weight is 281 g/mol. The third-order valence-electron chi connectivity index (χ3n) is 3.44. The monoisotopic (exact) mass is 281 g/mol. The standard InChI is InChI=1S/C14H13BF3O2/c16-15(17,18)14-12-4-2-1-3-10(12)5-6-13(14)20-11-7-8-19-9-11/h1-6,11H,7-9H2/q-1. The molecule has 0 spiro atoms. The summed E-state index contributed by atoms with van der Waals surface area (Å²) >= 11 is 0. The minimum Gasteiger partial charge on any atom is -0.491 e. The highest BCUT2D eigenvalue weighted by Gasteiger charge is 2.32. The summed E-state index contributed by atoms with van der Waals surface area (Å²) in [5, 5.41) is 0.758. The molecule has 0 amide bonds. The fourth-order valence-corrected chi connectivity index (χ4v) is 2.50. The molecular formula is C14H13BF3O2-. The molecule has 2 aromatic rings. The largest absolute Gasteiger partial charge is 0.513 e. The fraction of sp³-hybridized carbons (Fsp3) is 0.286. The van der Waals surface area contributed by atoms with Gasteiger partial charge in [0.15, 0.2) is 0 Å². The van der Waals surface area contributed by atoms with Gasteiger partial charge in [-0.05, 0) is 16.8 Å². The number of hydrogen-bond acceptors (Lipinski definition) is 2. The molecule has 1 heterocycles. The molecule has 0 saturated carbocycles. The summed E-state index contributed by atoms with van der Waals surface area (Å²) < 4.78 is 50.9. The lowest BCUT2D eigenvalue weighted by Gasteiger charge is -2.24. The van der Waals surface area contributed by atoms with Gasteiger partial charge in [0.2, 0.25) is 0 Å². The maximum absolute atomic E-state index is 13.4. The van der Waals surface area contributed by atoms with E-state index < -0.39 is 12.4 Å². The molecule has 1 aliphatic heterocycles. The van der Waals surface area contributed by atoms with E-state index in [0.717, 1.165) is 0 Å². The summed E-state index contributed by atoms with van der Waals surface area (Å²) in [5.41, 5.74) is -0.644. The summed E-state index contributed by atoms with van der Waals surface area (Å²) in [6.07, 6.45) is 0.324. The van der Waals surface area contributed by atoms with E-state index in [1.807, 2.05) is 0 Å². The topological polar surface area (TPSA) is 18.5 Å². The van der Waals surface area contributed by atoms with Crippen LogP contribution in [0.1, 0.15) is 6.42 Å². The van der Waals surface area contributed by atoms with Crippen LogP contribution < -0.4 is 10.2 Å². The van der Waals surface area contributed by atoms with Crippen molar-refractivity contribution < 1.29 is 22.4 Å². The first-order chi connectivity index (χ1) is 9.55. The predicted molar refractivity (Wildman–Crippen MR) is 72.5 cm³/mol. The minimum atomic E-state index is -5.14. The van der Waals surface area contributed by atoms with E-state index in [9.17, 15) is 12.9 Å². The summed E-state index contributed by atoms with van der Waals surface area (Å²) in [6.45, 7) is -4.26. The van der Waals surface area contributed by atoms with Crippen molar-refractivity contribution in [1.82, 2.24) is 0 Å². The van der Waals surface area contributed by atoms with E-state index in [2.05, 4.69) is 0 Å². The molecule has 6 heteroatoms. The minimum absolute atomic E-state index is 0.0910. The first kappa shape index (κ1) is 13.3. The zero-order valence-electron chi connectivity index (χ0n) is 10.7. The Kier molecular flexibility index (Phi) is 3.34. The molecule has 0 aromatic heterocycles.